The van der Waals surface area contributed by atoms with E-state index in [-0.39, 0.29) is 0 Å². The molecular weight excluding hydrogens is 208 g/mol. The Labute approximate surface area is 107 Å². The second kappa shape index (κ2) is 5.71. The molecule has 17 heavy (non-hydrogen) atoms. The summed E-state index contributed by atoms with van der Waals surface area (Å²) < 4.78 is 0. The highest BCUT2D eigenvalue weighted by molar-refractivity contribution is 4.84. The first-order valence-corrected chi connectivity index (χ1v) is 7.49. The quantitative estimate of drug-likeness (QED) is 0.810. The highest BCUT2D eigenvalue weighted by Crippen LogP contribution is 2.33. The number of nitrogens with zero attached hydrogens (tertiary/aromatic N) is 1. The molecule has 2 heterocycles. The number of likely N-dealkylation sites (tertiary alicyclic amines) is 1. The van der Waals surface area contributed by atoms with Gasteiger partial charge in [-0.05, 0) is 69.1 Å². The van der Waals surface area contributed by atoms with Gasteiger partial charge in [-0.1, -0.05) is 20.8 Å². The summed E-state index contributed by atoms with van der Waals surface area (Å²) in [7, 11) is 0. The zero-order valence-corrected chi connectivity index (χ0v) is 12.0. The molecular formula is C15H30N2. The number of rotatable bonds is 4. The van der Waals surface area contributed by atoms with Crippen molar-refractivity contribution in [3.05, 3.63) is 0 Å². The lowest BCUT2D eigenvalue weighted by Gasteiger charge is -2.27. The van der Waals surface area contributed by atoms with Gasteiger partial charge < -0.3 is 10.2 Å². The zero-order valence-electron chi connectivity index (χ0n) is 12.0. The van der Waals surface area contributed by atoms with Crippen molar-refractivity contribution >= 4 is 0 Å². The Bertz CT molecular complexity index is 226. The van der Waals surface area contributed by atoms with E-state index < -0.39 is 0 Å². The minimum absolute atomic E-state index is 0.504. The summed E-state index contributed by atoms with van der Waals surface area (Å²) in [5.41, 5.74) is 0.504. The van der Waals surface area contributed by atoms with Gasteiger partial charge in [0, 0.05) is 6.54 Å². The van der Waals surface area contributed by atoms with Gasteiger partial charge in [0.25, 0.3) is 0 Å². The van der Waals surface area contributed by atoms with Crippen LogP contribution in [0.25, 0.3) is 0 Å². The van der Waals surface area contributed by atoms with Crippen molar-refractivity contribution in [1.29, 1.82) is 0 Å². The van der Waals surface area contributed by atoms with Crippen LogP contribution in [0.4, 0.5) is 0 Å². The highest BCUT2D eigenvalue weighted by Gasteiger charge is 2.31. The van der Waals surface area contributed by atoms with Crippen LogP contribution in [0.15, 0.2) is 0 Å². The Morgan fingerprint density at radius 3 is 2.65 bits per heavy atom. The Morgan fingerprint density at radius 1 is 1.24 bits per heavy atom. The molecule has 0 aromatic rings. The highest BCUT2D eigenvalue weighted by atomic mass is 15.1. The first-order valence-electron chi connectivity index (χ1n) is 7.49. The van der Waals surface area contributed by atoms with Crippen LogP contribution in [0.5, 0.6) is 0 Å². The molecule has 2 unspecified atom stereocenters. The van der Waals surface area contributed by atoms with Crippen molar-refractivity contribution < 1.29 is 0 Å². The van der Waals surface area contributed by atoms with Crippen LogP contribution in [0, 0.1) is 17.3 Å². The summed E-state index contributed by atoms with van der Waals surface area (Å²) in [6.07, 6.45) is 5.66. The summed E-state index contributed by atoms with van der Waals surface area (Å²) in [5, 5.41) is 3.46. The van der Waals surface area contributed by atoms with Crippen molar-refractivity contribution in [2.45, 2.75) is 46.5 Å². The molecule has 100 valence electrons. The fraction of sp³-hybridized carbons (Fsp3) is 1.00. The molecule has 0 aromatic heterocycles. The third-order valence-corrected chi connectivity index (χ3v) is 4.75. The molecule has 0 spiro atoms. The van der Waals surface area contributed by atoms with E-state index in [0.717, 1.165) is 11.8 Å². The minimum atomic E-state index is 0.504. The third-order valence-electron chi connectivity index (χ3n) is 4.75. The van der Waals surface area contributed by atoms with Gasteiger partial charge in [-0.3, -0.25) is 0 Å². The maximum atomic E-state index is 3.46. The summed E-state index contributed by atoms with van der Waals surface area (Å²) in [5.74, 6) is 1.88. The van der Waals surface area contributed by atoms with Gasteiger partial charge in [-0.25, -0.2) is 0 Å². The first kappa shape index (κ1) is 13.4. The zero-order chi connectivity index (χ0) is 12.3. The lowest BCUT2D eigenvalue weighted by molar-refractivity contribution is 0.226. The molecule has 2 nitrogen and oxygen atoms in total. The van der Waals surface area contributed by atoms with E-state index in [1.165, 1.54) is 58.4 Å². The van der Waals surface area contributed by atoms with Gasteiger partial charge in [-0.15, -0.1) is 0 Å². The smallest absolute Gasteiger partial charge is 0.00151 e. The molecule has 0 bridgehead atoms. The monoisotopic (exact) mass is 238 g/mol. The Balaban J connectivity index is 1.61. The molecule has 2 heteroatoms. The van der Waals surface area contributed by atoms with Crippen LogP contribution < -0.4 is 5.32 Å². The van der Waals surface area contributed by atoms with Crippen LogP contribution in [0.1, 0.15) is 46.5 Å². The van der Waals surface area contributed by atoms with Crippen molar-refractivity contribution in [3.8, 4) is 0 Å². The van der Waals surface area contributed by atoms with E-state index in [0.29, 0.717) is 5.41 Å². The maximum absolute atomic E-state index is 3.46. The fourth-order valence-corrected chi connectivity index (χ4v) is 3.31. The first-order chi connectivity index (χ1) is 8.05. The molecule has 2 fully saturated rings. The van der Waals surface area contributed by atoms with Crippen molar-refractivity contribution in [2.75, 3.05) is 32.7 Å². The number of hydrogen-bond donors (Lipinski definition) is 1. The molecule has 2 atom stereocenters. The summed E-state index contributed by atoms with van der Waals surface area (Å²) in [4.78, 5) is 2.69. The topological polar surface area (TPSA) is 15.3 Å². The SMILES string of the molecule is CC(C)(C)C1CCN(CCCC2CCNC2)C1. The molecule has 2 aliphatic heterocycles. The van der Waals surface area contributed by atoms with E-state index in [1.807, 2.05) is 0 Å². The van der Waals surface area contributed by atoms with Crippen LogP contribution in [0.3, 0.4) is 0 Å². The van der Waals surface area contributed by atoms with E-state index in [1.54, 1.807) is 0 Å². The van der Waals surface area contributed by atoms with Gasteiger partial charge in [0.1, 0.15) is 0 Å². The molecule has 0 aromatic carbocycles. The second-order valence-corrected chi connectivity index (χ2v) is 7.15. The van der Waals surface area contributed by atoms with E-state index in [9.17, 15) is 0 Å². The molecule has 0 aliphatic carbocycles. The van der Waals surface area contributed by atoms with Gasteiger partial charge in [0.15, 0.2) is 0 Å². The fourth-order valence-electron chi connectivity index (χ4n) is 3.31. The molecule has 2 aliphatic rings. The summed E-state index contributed by atoms with van der Waals surface area (Å²) in [6.45, 7) is 13.7. The third kappa shape index (κ3) is 3.96. The lowest BCUT2D eigenvalue weighted by atomic mass is 9.80. The second-order valence-electron chi connectivity index (χ2n) is 7.15. The van der Waals surface area contributed by atoms with Gasteiger partial charge in [0.05, 0.1) is 0 Å². The normalized spacial score (nSPS) is 31.2. The van der Waals surface area contributed by atoms with E-state index >= 15 is 0 Å². The molecule has 0 radical (unpaired) electrons. The lowest BCUT2D eigenvalue weighted by Crippen LogP contribution is -2.27. The minimum Gasteiger partial charge on any atom is -0.316 e. The molecule has 2 rings (SSSR count). The molecule has 0 saturated carbocycles. The maximum Gasteiger partial charge on any atom is 0.00151 e. The van der Waals surface area contributed by atoms with Crippen LogP contribution >= 0.6 is 0 Å². The standard InChI is InChI=1S/C15H30N2/c1-15(2,3)14-7-10-17(12-14)9-4-5-13-6-8-16-11-13/h13-14,16H,4-12H2,1-3H3. The summed E-state index contributed by atoms with van der Waals surface area (Å²) >= 11 is 0. The Hall–Kier alpha value is -0.0800. The average molecular weight is 238 g/mol. The number of nitrogens with one attached hydrogen (secondary N) is 1. The molecule has 1 N–H and O–H groups in total. The number of hydrogen-bond acceptors (Lipinski definition) is 2. The van der Waals surface area contributed by atoms with Gasteiger partial charge in [-0.2, -0.15) is 0 Å². The van der Waals surface area contributed by atoms with Crippen LogP contribution in [0.2, 0.25) is 0 Å². The largest absolute Gasteiger partial charge is 0.316 e. The summed E-state index contributed by atoms with van der Waals surface area (Å²) in [6, 6.07) is 0. The Morgan fingerprint density at radius 2 is 2.06 bits per heavy atom. The molecule has 0 amide bonds. The molecule has 2 saturated heterocycles. The van der Waals surface area contributed by atoms with E-state index in [2.05, 4.69) is 31.0 Å². The van der Waals surface area contributed by atoms with Crippen LogP contribution in [-0.4, -0.2) is 37.6 Å². The van der Waals surface area contributed by atoms with Crippen molar-refractivity contribution in [2.24, 2.45) is 17.3 Å². The van der Waals surface area contributed by atoms with Crippen molar-refractivity contribution in [3.63, 3.8) is 0 Å². The average Bonchev–Trinajstić information content (AvgIpc) is 2.86. The van der Waals surface area contributed by atoms with Gasteiger partial charge in [0.2, 0.25) is 0 Å². The van der Waals surface area contributed by atoms with Gasteiger partial charge >= 0.3 is 0 Å². The van der Waals surface area contributed by atoms with Crippen molar-refractivity contribution in [1.82, 2.24) is 10.2 Å². The Kier molecular flexibility index (Phi) is 4.48. The van der Waals surface area contributed by atoms with E-state index in [4.69, 9.17) is 0 Å². The van der Waals surface area contributed by atoms with Crippen LogP contribution in [-0.2, 0) is 0 Å². The predicted molar refractivity (Wildman–Crippen MR) is 74.2 cm³/mol. The predicted octanol–water partition coefficient (Wildman–Crippen LogP) is 2.74.